The Bertz CT molecular complexity index is 1030. The lowest BCUT2D eigenvalue weighted by molar-refractivity contribution is 0.100. The fourth-order valence-corrected chi connectivity index (χ4v) is 4.51. The average molecular weight is 388 g/mol. The van der Waals surface area contributed by atoms with Crippen LogP contribution in [-0.2, 0) is 0 Å². The molecule has 4 nitrogen and oxygen atoms in total. The number of nitrogens with two attached hydrogens (primary N) is 1. The van der Waals surface area contributed by atoms with Crippen molar-refractivity contribution in [3.05, 3.63) is 46.1 Å². The highest BCUT2D eigenvalue weighted by molar-refractivity contribution is 8.00. The molecule has 2 aromatic carbocycles. The summed E-state index contributed by atoms with van der Waals surface area (Å²) < 4.78 is 6.07. The molecule has 0 radical (unpaired) electrons. The van der Waals surface area contributed by atoms with Crippen LogP contribution in [0, 0.1) is 0 Å². The molecule has 0 bridgehead atoms. The van der Waals surface area contributed by atoms with Gasteiger partial charge in [0.25, 0.3) is 0 Å². The maximum absolute atomic E-state index is 13.1. The molecule has 6 heteroatoms. The van der Waals surface area contributed by atoms with Gasteiger partial charge in [-0.15, -0.1) is 23.5 Å². The molecule has 3 aromatic rings. The van der Waals surface area contributed by atoms with Gasteiger partial charge < -0.3 is 10.2 Å². The molecule has 0 atom stereocenters. The van der Waals surface area contributed by atoms with Gasteiger partial charge in [-0.05, 0) is 54.7 Å². The summed E-state index contributed by atoms with van der Waals surface area (Å²) in [4.78, 5) is 26.6. The van der Waals surface area contributed by atoms with Gasteiger partial charge >= 0.3 is 0 Å². The first-order valence-electron chi connectivity index (χ1n) is 8.65. The molecular formula is C20H21NO3S2. The van der Waals surface area contributed by atoms with Crippen LogP contribution in [0.1, 0.15) is 37.0 Å². The van der Waals surface area contributed by atoms with Crippen LogP contribution in [0.5, 0.6) is 0 Å². The van der Waals surface area contributed by atoms with E-state index in [-0.39, 0.29) is 5.43 Å². The van der Waals surface area contributed by atoms with E-state index in [4.69, 9.17) is 10.2 Å². The zero-order valence-electron chi connectivity index (χ0n) is 14.8. The number of hydrogen-bond acceptors (Lipinski definition) is 5. The first-order valence-corrected chi connectivity index (χ1v) is 10.6. The van der Waals surface area contributed by atoms with E-state index >= 15 is 0 Å². The minimum absolute atomic E-state index is 0.123. The van der Waals surface area contributed by atoms with Crippen LogP contribution in [-0.4, -0.2) is 17.4 Å². The number of carbonyl (C=O) groups is 1. The van der Waals surface area contributed by atoms with Crippen LogP contribution < -0.4 is 11.2 Å². The van der Waals surface area contributed by atoms with Gasteiger partial charge in [0.2, 0.25) is 11.3 Å². The second-order valence-corrected chi connectivity index (χ2v) is 8.31. The molecule has 0 aliphatic rings. The van der Waals surface area contributed by atoms with Gasteiger partial charge in [-0.25, -0.2) is 0 Å². The monoisotopic (exact) mass is 387 g/mol. The molecule has 0 saturated heterocycles. The van der Waals surface area contributed by atoms with E-state index in [0.717, 1.165) is 34.1 Å². The third kappa shape index (κ3) is 3.76. The first-order chi connectivity index (χ1) is 12.5. The van der Waals surface area contributed by atoms with E-state index in [9.17, 15) is 9.59 Å². The van der Waals surface area contributed by atoms with Gasteiger partial charge in [-0.1, -0.05) is 13.8 Å². The second kappa shape index (κ2) is 8.18. The van der Waals surface area contributed by atoms with Crippen molar-refractivity contribution in [3.8, 4) is 0 Å². The van der Waals surface area contributed by atoms with Gasteiger partial charge in [-0.3, -0.25) is 9.59 Å². The normalized spacial score (nSPS) is 11.3. The first kappa shape index (κ1) is 18.9. The molecule has 1 heterocycles. The summed E-state index contributed by atoms with van der Waals surface area (Å²) in [5.41, 5.74) is 6.62. The molecule has 0 saturated carbocycles. The molecule has 2 N–H and O–H groups in total. The summed E-state index contributed by atoms with van der Waals surface area (Å²) in [5.74, 6) is 1.39. The number of hydrogen-bond donors (Lipinski definition) is 1. The highest BCUT2D eigenvalue weighted by Gasteiger charge is 2.15. The minimum atomic E-state index is -0.558. The molecule has 1 aromatic heterocycles. The van der Waals surface area contributed by atoms with Crippen LogP contribution in [0.3, 0.4) is 0 Å². The fourth-order valence-electron chi connectivity index (χ4n) is 2.68. The zero-order chi connectivity index (χ0) is 18.7. The van der Waals surface area contributed by atoms with E-state index in [0.29, 0.717) is 27.5 Å². The van der Waals surface area contributed by atoms with E-state index < -0.39 is 5.91 Å². The number of amides is 1. The highest BCUT2D eigenvalue weighted by Crippen LogP contribution is 2.34. The second-order valence-electron chi connectivity index (χ2n) is 6.00. The van der Waals surface area contributed by atoms with Crippen LogP contribution in [0.2, 0.25) is 0 Å². The summed E-state index contributed by atoms with van der Waals surface area (Å²) in [6.07, 6.45) is 2.10. The van der Waals surface area contributed by atoms with Crippen molar-refractivity contribution < 1.29 is 9.21 Å². The van der Waals surface area contributed by atoms with Crippen molar-refractivity contribution in [1.82, 2.24) is 0 Å². The summed E-state index contributed by atoms with van der Waals surface area (Å²) in [6, 6.07) is 8.76. The third-order valence-corrected chi connectivity index (χ3v) is 6.34. The third-order valence-electron chi connectivity index (χ3n) is 3.93. The van der Waals surface area contributed by atoms with Gasteiger partial charge in [0.05, 0.1) is 15.7 Å². The lowest BCUT2D eigenvalue weighted by Gasteiger charge is -2.10. The standard InChI is InChI=1S/C20H21NO3S2/c1-3-7-25-13-10-15-18(22)14-9-12(20(21)23)5-6-16(14)24-19(15)17(11-13)26-8-4-2/h5-6,9-11H,3-4,7-8H2,1-2H3,(H2,21,23). The van der Waals surface area contributed by atoms with Crippen molar-refractivity contribution in [2.75, 3.05) is 11.5 Å². The zero-order valence-corrected chi connectivity index (χ0v) is 16.5. The van der Waals surface area contributed by atoms with E-state index in [1.165, 1.54) is 6.07 Å². The van der Waals surface area contributed by atoms with Crippen LogP contribution in [0.4, 0.5) is 0 Å². The number of rotatable bonds is 7. The average Bonchev–Trinajstić information content (AvgIpc) is 2.64. The largest absolute Gasteiger partial charge is 0.455 e. The van der Waals surface area contributed by atoms with Gasteiger partial charge in [0, 0.05) is 10.5 Å². The Hall–Kier alpha value is -1.92. The molecule has 26 heavy (non-hydrogen) atoms. The summed E-state index contributed by atoms with van der Waals surface area (Å²) >= 11 is 3.44. The number of primary amides is 1. The number of benzene rings is 2. The van der Waals surface area contributed by atoms with Gasteiger partial charge in [0.15, 0.2) is 5.58 Å². The molecular weight excluding hydrogens is 366 g/mol. The molecule has 3 rings (SSSR count). The summed E-state index contributed by atoms with van der Waals surface area (Å²) in [6.45, 7) is 4.26. The Balaban J connectivity index is 2.27. The van der Waals surface area contributed by atoms with Crippen LogP contribution in [0.25, 0.3) is 21.9 Å². The van der Waals surface area contributed by atoms with E-state index in [1.54, 1.807) is 35.7 Å². The fraction of sp³-hybridized carbons (Fsp3) is 0.300. The molecule has 0 spiro atoms. The summed E-state index contributed by atoms with van der Waals surface area (Å²) in [7, 11) is 0. The quantitative estimate of drug-likeness (QED) is 0.454. The Labute approximate surface area is 160 Å². The predicted octanol–water partition coefficient (Wildman–Crippen LogP) is 5.05. The van der Waals surface area contributed by atoms with Crippen molar-refractivity contribution in [3.63, 3.8) is 0 Å². The Morgan fingerprint density at radius 2 is 1.77 bits per heavy atom. The highest BCUT2D eigenvalue weighted by atomic mass is 32.2. The van der Waals surface area contributed by atoms with E-state index in [2.05, 4.69) is 19.9 Å². The van der Waals surface area contributed by atoms with Gasteiger partial charge in [-0.2, -0.15) is 0 Å². The maximum Gasteiger partial charge on any atom is 0.248 e. The van der Waals surface area contributed by atoms with Gasteiger partial charge in [0.1, 0.15) is 5.58 Å². The van der Waals surface area contributed by atoms with Crippen LogP contribution >= 0.6 is 23.5 Å². The smallest absolute Gasteiger partial charge is 0.248 e. The van der Waals surface area contributed by atoms with E-state index in [1.807, 2.05) is 6.07 Å². The molecule has 136 valence electrons. The molecule has 0 fully saturated rings. The summed E-state index contributed by atoms with van der Waals surface area (Å²) in [5, 5.41) is 0.941. The lowest BCUT2D eigenvalue weighted by Crippen LogP contribution is -2.12. The predicted molar refractivity (Wildman–Crippen MR) is 111 cm³/mol. The minimum Gasteiger partial charge on any atom is -0.455 e. The number of fused-ring (bicyclic) bond motifs is 2. The maximum atomic E-state index is 13.1. The van der Waals surface area contributed by atoms with Crippen molar-refractivity contribution in [2.45, 2.75) is 36.5 Å². The van der Waals surface area contributed by atoms with Crippen molar-refractivity contribution in [1.29, 1.82) is 0 Å². The Kier molecular flexibility index (Phi) is 5.94. The Morgan fingerprint density at radius 1 is 1.04 bits per heavy atom. The number of carbonyl (C=O) groups excluding carboxylic acids is 1. The van der Waals surface area contributed by atoms with Crippen molar-refractivity contribution >= 4 is 51.4 Å². The van der Waals surface area contributed by atoms with Crippen LogP contribution in [0.15, 0.2) is 49.3 Å². The molecule has 0 unspecified atom stereocenters. The van der Waals surface area contributed by atoms with Crippen molar-refractivity contribution in [2.24, 2.45) is 5.73 Å². The molecule has 1 amide bonds. The Morgan fingerprint density at radius 3 is 2.46 bits per heavy atom. The number of thioether (sulfide) groups is 2. The SMILES string of the molecule is CCCSc1cc(SCCC)c2oc3ccc(C(N)=O)cc3c(=O)c2c1. The lowest BCUT2D eigenvalue weighted by atomic mass is 10.1. The molecule has 0 aliphatic carbocycles. The topological polar surface area (TPSA) is 73.3 Å². The molecule has 0 aliphatic heterocycles.